The maximum atomic E-state index is 12.8. The number of hydrogen-bond acceptors (Lipinski definition) is 4. The van der Waals surface area contributed by atoms with Crippen molar-refractivity contribution in [2.24, 2.45) is 5.92 Å². The van der Waals surface area contributed by atoms with Gasteiger partial charge in [0.25, 0.3) is 0 Å². The molecule has 5 heteroatoms. The number of nitrogens with one attached hydrogen (secondary N) is 2. The Balaban J connectivity index is 1.85. The van der Waals surface area contributed by atoms with Gasteiger partial charge in [0.2, 0.25) is 5.91 Å². The van der Waals surface area contributed by atoms with Crippen LogP contribution in [0.25, 0.3) is 0 Å². The molecule has 3 atom stereocenters. The molecule has 3 rings (SSSR count). The second kappa shape index (κ2) is 7.53. The SMILES string of the molecule is COc1ccccc1C(NC(=O)[C@H]1CCN[C@@H](C)C1)c1ccco1. The molecular formula is C19H24N2O3. The number of piperidine rings is 1. The quantitative estimate of drug-likeness (QED) is 0.886. The average molecular weight is 328 g/mol. The van der Waals surface area contributed by atoms with E-state index in [0.717, 1.165) is 30.7 Å². The Labute approximate surface area is 142 Å². The largest absolute Gasteiger partial charge is 0.496 e. The van der Waals surface area contributed by atoms with Crippen molar-refractivity contribution in [1.29, 1.82) is 0 Å². The van der Waals surface area contributed by atoms with Gasteiger partial charge in [-0.2, -0.15) is 0 Å². The van der Waals surface area contributed by atoms with Crippen molar-refractivity contribution in [2.45, 2.75) is 31.8 Å². The first-order valence-corrected chi connectivity index (χ1v) is 8.39. The summed E-state index contributed by atoms with van der Waals surface area (Å²) in [6.45, 7) is 2.99. The van der Waals surface area contributed by atoms with E-state index in [1.54, 1.807) is 13.4 Å². The number of methoxy groups -OCH3 is 1. The molecule has 0 bridgehead atoms. The molecule has 5 nitrogen and oxygen atoms in total. The Morgan fingerprint density at radius 2 is 2.17 bits per heavy atom. The number of furan rings is 1. The highest BCUT2D eigenvalue weighted by atomic mass is 16.5. The second-order valence-corrected chi connectivity index (χ2v) is 6.28. The normalized spacial score (nSPS) is 21.9. The molecule has 0 aliphatic carbocycles. The zero-order valence-corrected chi connectivity index (χ0v) is 14.1. The number of para-hydroxylation sites is 1. The van der Waals surface area contributed by atoms with Crippen LogP contribution in [0, 0.1) is 5.92 Å². The molecule has 0 saturated carbocycles. The third-order valence-corrected chi connectivity index (χ3v) is 4.56. The molecule has 1 aromatic carbocycles. The van der Waals surface area contributed by atoms with E-state index in [1.807, 2.05) is 36.4 Å². The van der Waals surface area contributed by atoms with Gasteiger partial charge < -0.3 is 19.8 Å². The van der Waals surface area contributed by atoms with E-state index in [0.29, 0.717) is 11.8 Å². The smallest absolute Gasteiger partial charge is 0.224 e. The van der Waals surface area contributed by atoms with Crippen molar-refractivity contribution < 1.29 is 13.9 Å². The molecule has 24 heavy (non-hydrogen) atoms. The predicted octanol–water partition coefficient (Wildman–Crippen LogP) is 2.88. The zero-order valence-electron chi connectivity index (χ0n) is 14.1. The van der Waals surface area contributed by atoms with Gasteiger partial charge in [-0.1, -0.05) is 18.2 Å². The molecule has 1 aliphatic rings. The molecule has 2 N–H and O–H groups in total. The highest BCUT2D eigenvalue weighted by molar-refractivity contribution is 5.79. The lowest BCUT2D eigenvalue weighted by Crippen LogP contribution is -2.43. The van der Waals surface area contributed by atoms with E-state index < -0.39 is 0 Å². The van der Waals surface area contributed by atoms with E-state index in [-0.39, 0.29) is 17.9 Å². The highest BCUT2D eigenvalue weighted by Gasteiger charge is 2.29. The topological polar surface area (TPSA) is 63.5 Å². The minimum Gasteiger partial charge on any atom is -0.496 e. The van der Waals surface area contributed by atoms with Gasteiger partial charge >= 0.3 is 0 Å². The van der Waals surface area contributed by atoms with Crippen molar-refractivity contribution in [3.63, 3.8) is 0 Å². The fourth-order valence-electron chi connectivity index (χ4n) is 3.29. The van der Waals surface area contributed by atoms with E-state index >= 15 is 0 Å². The van der Waals surface area contributed by atoms with Gasteiger partial charge in [0.15, 0.2) is 0 Å². The number of rotatable bonds is 5. The summed E-state index contributed by atoms with van der Waals surface area (Å²) in [7, 11) is 1.63. The number of carbonyl (C=O) groups excluding carboxylic acids is 1. The maximum absolute atomic E-state index is 12.8. The van der Waals surface area contributed by atoms with Crippen molar-refractivity contribution >= 4 is 5.91 Å². The molecule has 1 saturated heterocycles. The van der Waals surface area contributed by atoms with Crippen LogP contribution in [0.4, 0.5) is 0 Å². The van der Waals surface area contributed by atoms with Gasteiger partial charge in [-0.25, -0.2) is 0 Å². The summed E-state index contributed by atoms with van der Waals surface area (Å²) < 4.78 is 11.0. The highest BCUT2D eigenvalue weighted by Crippen LogP contribution is 2.31. The van der Waals surface area contributed by atoms with Crippen molar-refractivity contribution in [2.75, 3.05) is 13.7 Å². The molecule has 0 spiro atoms. The summed E-state index contributed by atoms with van der Waals surface area (Å²) in [5, 5.41) is 6.54. The fraction of sp³-hybridized carbons (Fsp3) is 0.421. The van der Waals surface area contributed by atoms with Gasteiger partial charge in [0.05, 0.1) is 13.4 Å². The predicted molar refractivity (Wildman–Crippen MR) is 91.9 cm³/mol. The summed E-state index contributed by atoms with van der Waals surface area (Å²) in [6, 6.07) is 11.4. The standard InChI is InChI=1S/C19H24N2O3/c1-13-12-14(9-10-20-13)19(22)21-18(17-8-5-11-24-17)15-6-3-4-7-16(15)23-2/h3-8,11,13-14,18,20H,9-10,12H2,1-2H3,(H,21,22)/t13-,14-,18?/m0/s1. The van der Waals surface area contributed by atoms with Crippen LogP contribution in [0.15, 0.2) is 47.1 Å². The number of hydrogen-bond donors (Lipinski definition) is 2. The lowest BCUT2D eigenvalue weighted by Gasteiger charge is -2.29. The van der Waals surface area contributed by atoms with Crippen LogP contribution < -0.4 is 15.4 Å². The molecule has 1 aliphatic heterocycles. The fourth-order valence-corrected chi connectivity index (χ4v) is 3.29. The third kappa shape index (κ3) is 3.62. The van der Waals surface area contributed by atoms with E-state index in [9.17, 15) is 4.79 Å². The van der Waals surface area contributed by atoms with Crippen molar-refractivity contribution in [3.8, 4) is 5.75 Å². The van der Waals surface area contributed by atoms with Crippen LogP contribution in [0.1, 0.15) is 37.1 Å². The number of benzene rings is 1. The van der Waals surface area contributed by atoms with Gasteiger partial charge in [-0.3, -0.25) is 4.79 Å². The first-order chi connectivity index (χ1) is 11.7. The molecule has 2 heterocycles. The van der Waals surface area contributed by atoms with Crippen LogP contribution in [0.5, 0.6) is 5.75 Å². The van der Waals surface area contributed by atoms with Crippen LogP contribution in [-0.2, 0) is 4.79 Å². The van der Waals surface area contributed by atoms with Gasteiger partial charge in [0.1, 0.15) is 17.6 Å². The zero-order chi connectivity index (χ0) is 16.9. The van der Waals surface area contributed by atoms with Crippen molar-refractivity contribution in [3.05, 3.63) is 54.0 Å². The summed E-state index contributed by atoms with van der Waals surface area (Å²) in [5.41, 5.74) is 0.894. The summed E-state index contributed by atoms with van der Waals surface area (Å²) in [4.78, 5) is 12.8. The first-order valence-electron chi connectivity index (χ1n) is 8.39. The Bertz CT molecular complexity index is 669. The van der Waals surface area contributed by atoms with E-state index in [2.05, 4.69) is 17.6 Å². The minimum atomic E-state index is -0.353. The molecule has 0 radical (unpaired) electrons. The molecule has 1 fully saturated rings. The molecular weight excluding hydrogens is 304 g/mol. The number of ether oxygens (including phenoxy) is 1. The van der Waals surface area contributed by atoms with E-state index in [1.165, 1.54) is 0 Å². The first kappa shape index (κ1) is 16.6. The van der Waals surface area contributed by atoms with Crippen LogP contribution in [0.3, 0.4) is 0 Å². The number of amides is 1. The maximum Gasteiger partial charge on any atom is 0.224 e. The Kier molecular flexibility index (Phi) is 5.20. The van der Waals surface area contributed by atoms with Crippen LogP contribution in [0.2, 0.25) is 0 Å². The third-order valence-electron chi connectivity index (χ3n) is 4.56. The average Bonchev–Trinajstić information content (AvgIpc) is 3.14. The summed E-state index contributed by atoms with van der Waals surface area (Å²) in [5.74, 6) is 1.52. The van der Waals surface area contributed by atoms with Crippen LogP contribution in [-0.4, -0.2) is 25.6 Å². The Morgan fingerprint density at radius 3 is 2.88 bits per heavy atom. The summed E-state index contributed by atoms with van der Waals surface area (Å²) in [6.07, 6.45) is 3.33. The van der Waals surface area contributed by atoms with Crippen LogP contribution >= 0.6 is 0 Å². The lowest BCUT2D eigenvalue weighted by molar-refractivity contribution is -0.126. The Hall–Kier alpha value is -2.27. The minimum absolute atomic E-state index is 0.0217. The second-order valence-electron chi connectivity index (χ2n) is 6.28. The monoisotopic (exact) mass is 328 g/mol. The van der Waals surface area contributed by atoms with Gasteiger partial charge in [-0.15, -0.1) is 0 Å². The Morgan fingerprint density at radius 1 is 1.33 bits per heavy atom. The lowest BCUT2D eigenvalue weighted by atomic mass is 9.91. The molecule has 1 aromatic heterocycles. The van der Waals surface area contributed by atoms with Crippen molar-refractivity contribution in [1.82, 2.24) is 10.6 Å². The number of carbonyl (C=O) groups is 1. The molecule has 1 amide bonds. The van der Waals surface area contributed by atoms with E-state index in [4.69, 9.17) is 9.15 Å². The molecule has 1 unspecified atom stereocenters. The van der Waals surface area contributed by atoms with Gasteiger partial charge in [-0.05, 0) is 44.5 Å². The summed E-state index contributed by atoms with van der Waals surface area (Å²) >= 11 is 0. The molecule has 2 aromatic rings. The van der Waals surface area contributed by atoms with Gasteiger partial charge in [0, 0.05) is 17.5 Å². The molecule has 128 valence electrons.